The molecule has 1 N–H and O–H groups in total. The van der Waals surface area contributed by atoms with Crippen LogP contribution in [0.5, 0.6) is 0 Å². The lowest BCUT2D eigenvalue weighted by atomic mass is 9.85. The van der Waals surface area contributed by atoms with Gasteiger partial charge in [-0.15, -0.1) is 24.8 Å². The average Bonchev–Trinajstić information content (AvgIpc) is 3.10. The molecule has 25 heavy (non-hydrogen) atoms. The molecule has 2 aliphatic heterocycles. The van der Waals surface area contributed by atoms with E-state index in [4.69, 9.17) is 0 Å². The van der Waals surface area contributed by atoms with Crippen molar-refractivity contribution in [2.45, 2.75) is 31.2 Å². The van der Waals surface area contributed by atoms with Gasteiger partial charge in [-0.1, -0.05) is 0 Å². The number of amides is 1. The Morgan fingerprint density at radius 3 is 2.40 bits per heavy atom. The summed E-state index contributed by atoms with van der Waals surface area (Å²) in [5, 5.41) is 7.79. The number of piperidine rings is 2. The Morgan fingerprint density at radius 2 is 1.88 bits per heavy atom. The van der Waals surface area contributed by atoms with E-state index in [0.29, 0.717) is 5.92 Å². The smallest absolute Gasteiger partial charge is 0.250 e. The molecule has 1 aromatic rings. The zero-order chi connectivity index (χ0) is 16.3. The topological polar surface area (TPSA) is 53.4 Å². The minimum absolute atomic E-state index is 0. The number of nitrogens with one attached hydrogen (secondary N) is 1. The van der Waals surface area contributed by atoms with Gasteiger partial charge in [-0.05, 0) is 64.9 Å². The van der Waals surface area contributed by atoms with E-state index in [9.17, 15) is 4.79 Å². The molecule has 0 spiro atoms. The highest BCUT2D eigenvalue weighted by atomic mass is 35.5. The molecule has 0 unspecified atom stereocenters. The Hall–Kier alpha value is -0.820. The van der Waals surface area contributed by atoms with Crippen LogP contribution >= 0.6 is 24.8 Å². The fourth-order valence-electron chi connectivity index (χ4n) is 4.03. The van der Waals surface area contributed by atoms with Crippen molar-refractivity contribution in [1.82, 2.24) is 24.9 Å². The summed E-state index contributed by atoms with van der Waals surface area (Å²) < 4.78 is 1.90. The Bertz CT molecular complexity index is 509. The van der Waals surface area contributed by atoms with E-state index < -0.39 is 5.54 Å². The maximum Gasteiger partial charge on any atom is 0.250 e. The number of hydrogen-bond acceptors (Lipinski definition) is 4. The quantitative estimate of drug-likeness (QED) is 0.846. The Morgan fingerprint density at radius 1 is 1.24 bits per heavy atom. The first-order valence-electron chi connectivity index (χ1n) is 8.77. The Kier molecular flexibility index (Phi) is 8.68. The van der Waals surface area contributed by atoms with E-state index in [1.54, 1.807) is 6.20 Å². The first kappa shape index (κ1) is 22.2. The molecule has 0 aliphatic carbocycles. The largest absolute Gasteiger partial charge is 0.341 e. The lowest BCUT2D eigenvalue weighted by Gasteiger charge is -2.42. The molecule has 1 aromatic heterocycles. The van der Waals surface area contributed by atoms with Crippen LogP contribution in [0, 0.1) is 5.92 Å². The minimum Gasteiger partial charge on any atom is -0.341 e. The highest BCUT2D eigenvalue weighted by Crippen LogP contribution is 2.31. The van der Waals surface area contributed by atoms with Crippen molar-refractivity contribution in [2.75, 3.05) is 46.8 Å². The minimum atomic E-state index is -0.483. The molecular formula is C17H31Cl2N5O. The van der Waals surface area contributed by atoms with Gasteiger partial charge in [-0.2, -0.15) is 5.10 Å². The van der Waals surface area contributed by atoms with Gasteiger partial charge in [-0.25, -0.2) is 0 Å². The van der Waals surface area contributed by atoms with Crippen LogP contribution in [0.15, 0.2) is 18.5 Å². The second kappa shape index (κ2) is 9.76. The van der Waals surface area contributed by atoms with Gasteiger partial charge in [0.1, 0.15) is 5.54 Å². The molecule has 2 saturated heterocycles. The van der Waals surface area contributed by atoms with Gasteiger partial charge < -0.3 is 15.1 Å². The summed E-state index contributed by atoms with van der Waals surface area (Å²) in [5.74, 6) is 0.980. The van der Waals surface area contributed by atoms with E-state index in [0.717, 1.165) is 58.4 Å². The molecule has 0 aromatic carbocycles. The van der Waals surface area contributed by atoms with E-state index in [-0.39, 0.29) is 30.7 Å². The summed E-state index contributed by atoms with van der Waals surface area (Å²) in [6.45, 7) is 4.64. The number of carbonyl (C=O) groups is 1. The first-order valence-corrected chi connectivity index (χ1v) is 8.77. The van der Waals surface area contributed by atoms with Gasteiger partial charge in [-0.3, -0.25) is 9.48 Å². The predicted octanol–water partition coefficient (Wildman–Crippen LogP) is 1.61. The van der Waals surface area contributed by atoms with Crippen LogP contribution in [0.2, 0.25) is 0 Å². The molecule has 6 nitrogen and oxygen atoms in total. The summed E-state index contributed by atoms with van der Waals surface area (Å²) in [6, 6.07) is 1.92. The zero-order valence-electron chi connectivity index (χ0n) is 15.2. The van der Waals surface area contributed by atoms with Crippen molar-refractivity contribution in [3.05, 3.63) is 18.5 Å². The van der Waals surface area contributed by atoms with E-state index in [2.05, 4.69) is 34.3 Å². The second-order valence-corrected chi connectivity index (χ2v) is 7.23. The molecule has 3 heterocycles. The molecule has 3 rings (SSSR count). The Balaban J connectivity index is 0.00000156. The van der Waals surface area contributed by atoms with Gasteiger partial charge in [0.05, 0.1) is 0 Å². The Labute approximate surface area is 163 Å². The maximum atomic E-state index is 13.3. The summed E-state index contributed by atoms with van der Waals surface area (Å²) in [5.41, 5.74) is -0.483. The van der Waals surface area contributed by atoms with Crippen molar-refractivity contribution in [3.8, 4) is 0 Å². The average molecular weight is 392 g/mol. The fourth-order valence-corrected chi connectivity index (χ4v) is 4.03. The van der Waals surface area contributed by atoms with E-state index in [1.165, 1.54) is 0 Å². The molecule has 0 bridgehead atoms. The number of hydrogen-bond donors (Lipinski definition) is 1. The van der Waals surface area contributed by atoms with Crippen LogP contribution < -0.4 is 5.32 Å². The first-order chi connectivity index (χ1) is 11.1. The number of aromatic nitrogens is 2. The van der Waals surface area contributed by atoms with Crippen molar-refractivity contribution in [2.24, 2.45) is 5.92 Å². The molecule has 144 valence electrons. The van der Waals surface area contributed by atoms with Gasteiger partial charge in [0, 0.05) is 32.0 Å². The number of likely N-dealkylation sites (tertiary alicyclic amines) is 1. The summed E-state index contributed by atoms with van der Waals surface area (Å²) in [6.07, 6.45) is 7.59. The lowest BCUT2D eigenvalue weighted by molar-refractivity contribution is -0.144. The number of rotatable bonds is 4. The SMILES string of the molecule is CN(C)CC1CCN(C(=O)C2(n3cccn3)CCNCC2)CC1.Cl.Cl. The third-order valence-corrected chi connectivity index (χ3v) is 5.30. The molecule has 0 radical (unpaired) electrons. The van der Waals surface area contributed by atoms with Crippen molar-refractivity contribution >= 4 is 30.7 Å². The molecule has 2 aliphatic rings. The standard InChI is InChI=1S/C17H29N5O.2ClH/c1-20(2)14-15-4-12-21(13-5-15)16(23)17(6-9-18-10-7-17)22-11-3-8-19-22;;/h3,8,11,15,18H,4-7,9-10,12-14H2,1-2H3;2*1H. The lowest BCUT2D eigenvalue weighted by Crippen LogP contribution is -2.57. The van der Waals surface area contributed by atoms with Crippen LogP contribution in [-0.4, -0.2) is 72.3 Å². The van der Waals surface area contributed by atoms with Gasteiger partial charge in [0.25, 0.3) is 5.91 Å². The van der Waals surface area contributed by atoms with Crippen LogP contribution in [-0.2, 0) is 10.3 Å². The third-order valence-electron chi connectivity index (χ3n) is 5.30. The van der Waals surface area contributed by atoms with Gasteiger partial charge >= 0.3 is 0 Å². The number of nitrogens with zero attached hydrogens (tertiary/aromatic N) is 4. The van der Waals surface area contributed by atoms with Crippen molar-refractivity contribution in [1.29, 1.82) is 0 Å². The van der Waals surface area contributed by atoms with E-state index in [1.807, 2.05) is 16.9 Å². The van der Waals surface area contributed by atoms with Crippen LogP contribution in [0.3, 0.4) is 0 Å². The molecule has 1 amide bonds. The van der Waals surface area contributed by atoms with Crippen LogP contribution in [0.1, 0.15) is 25.7 Å². The summed E-state index contributed by atoms with van der Waals surface area (Å²) >= 11 is 0. The highest BCUT2D eigenvalue weighted by Gasteiger charge is 2.44. The van der Waals surface area contributed by atoms with Crippen molar-refractivity contribution in [3.63, 3.8) is 0 Å². The number of carbonyl (C=O) groups excluding carboxylic acids is 1. The highest BCUT2D eigenvalue weighted by molar-refractivity contribution is 5.86. The van der Waals surface area contributed by atoms with E-state index >= 15 is 0 Å². The molecule has 0 atom stereocenters. The maximum absolute atomic E-state index is 13.3. The number of halogens is 2. The van der Waals surface area contributed by atoms with Gasteiger partial charge in [0.2, 0.25) is 0 Å². The normalized spacial score (nSPS) is 20.7. The molecule has 2 fully saturated rings. The fraction of sp³-hybridized carbons (Fsp3) is 0.765. The zero-order valence-corrected chi connectivity index (χ0v) is 16.8. The monoisotopic (exact) mass is 391 g/mol. The second-order valence-electron chi connectivity index (χ2n) is 7.23. The van der Waals surface area contributed by atoms with Gasteiger partial charge in [0.15, 0.2) is 0 Å². The van der Waals surface area contributed by atoms with Crippen LogP contribution in [0.4, 0.5) is 0 Å². The predicted molar refractivity (Wildman–Crippen MR) is 105 cm³/mol. The van der Waals surface area contributed by atoms with Crippen molar-refractivity contribution < 1.29 is 4.79 Å². The third kappa shape index (κ3) is 4.88. The van der Waals surface area contributed by atoms with Crippen LogP contribution in [0.25, 0.3) is 0 Å². The molecular weight excluding hydrogens is 361 g/mol. The summed E-state index contributed by atoms with van der Waals surface area (Å²) in [4.78, 5) is 17.7. The molecule has 0 saturated carbocycles. The summed E-state index contributed by atoms with van der Waals surface area (Å²) in [7, 11) is 4.25. The molecule has 8 heteroatoms.